The molecule has 0 aliphatic carbocycles. The van der Waals surface area contributed by atoms with Crippen LogP contribution in [-0.2, 0) is 17.8 Å². The van der Waals surface area contributed by atoms with Crippen molar-refractivity contribution in [3.8, 4) is 22.6 Å². The third-order valence-corrected chi connectivity index (χ3v) is 7.28. The van der Waals surface area contributed by atoms with Gasteiger partial charge in [0.15, 0.2) is 0 Å². The van der Waals surface area contributed by atoms with E-state index in [1.165, 1.54) is 17.5 Å². The maximum atomic E-state index is 12.8. The molecule has 5 heterocycles. The van der Waals surface area contributed by atoms with Crippen LogP contribution in [0.3, 0.4) is 0 Å². The zero-order valence-electron chi connectivity index (χ0n) is 20.1. The molecule has 0 N–H and O–H groups in total. The van der Waals surface area contributed by atoms with Crippen LogP contribution in [0, 0.1) is 0 Å². The number of hydrogen-bond donors (Lipinski definition) is 0. The fraction of sp³-hybridized carbons (Fsp3) is 0.269. The van der Waals surface area contributed by atoms with Crippen molar-refractivity contribution in [2.45, 2.75) is 19.5 Å². The third kappa shape index (κ3) is 5.10. The average molecular weight is 537 g/mol. The van der Waals surface area contributed by atoms with Gasteiger partial charge < -0.3 is 9.15 Å². The summed E-state index contributed by atoms with van der Waals surface area (Å²) in [6, 6.07) is 13.4. The van der Waals surface area contributed by atoms with Crippen molar-refractivity contribution in [3.63, 3.8) is 0 Å². The Balaban J connectivity index is 1.18. The number of pyridine rings is 2. The van der Waals surface area contributed by atoms with Crippen molar-refractivity contribution in [3.05, 3.63) is 81.8 Å². The molecule has 0 bridgehead atoms. The summed E-state index contributed by atoms with van der Waals surface area (Å²) in [5.74, 6) is -0.770. The van der Waals surface area contributed by atoms with Crippen molar-refractivity contribution in [2.24, 2.45) is 0 Å². The number of rotatable bonds is 7. The van der Waals surface area contributed by atoms with E-state index in [9.17, 15) is 13.6 Å². The molecule has 1 aromatic carbocycles. The van der Waals surface area contributed by atoms with E-state index in [2.05, 4.69) is 31.1 Å². The van der Waals surface area contributed by atoms with Gasteiger partial charge in [0.2, 0.25) is 5.89 Å². The number of alkyl halides is 2. The zero-order chi connectivity index (χ0) is 26.1. The number of hydrogen-bond acceptors (Lipinski definition) is 9. The molecule has 6 rings (SSSR count). The Morgan fingerprint density at radius 1 is 0.895 bits per heavy atom. The fourth-order valence-electron chi connectivity index (χ4n) is 4.32. The predicted octanol–water partition coefficient (Wildman–Crippen LogP) is 4.39. The second kappa shape index (κ2) is 10.5. The summed E-state index contributed by atoms with van der Waals surface area (Å²) in [6.45, 7) is 4.40. The molecule has 0 amide bonds. The minimum Gasteiger partial charge on any atom is -0.415 e. The Kier molecular flexibility index (Phi) is 6.75. The second-order valence-electron chi connectivity index (χ2n) is 8.85. The topological polar surface area (TPSA) is 99.2 Å². The summed E-state index contributed by atoms with van der Waals surface area (Å²) in [4.78, 5) is 24.0. The standard InChI is InChI=1S/C26H22F2N6O3S/c27-23(28)25-32-31-24(37-25)18-2-5-20(30-13-18)15-34-21-6-3-16(11-22(21)38-26(34)35)17-1-4-19(29-12-17)14-33-7-9-36-10-8-33/h1-6,11-13,23H,7-10,14-15H2. The molecule has 9 nitrogen and oxygen atoms in total. The van der Waals surface area contributed by atoms with Crippen LogP contribution in [0.2, 0.25) is 0 Å². The summed E-state index contributed by atoms with van der Waals surface area (Å²) >= 11 is 1.18. The predicted molar refractivity (Wildman–Crippen MR) is 137 cm³/mol. The lowest BCUT2D eigenvalue weighted by atomic mass is 10.1. The van der Waals surface area contributed by atoms with Crippen molar-refractivity contribution in [2.75, 3.05) is 26.3 Å². The van der Waals surface area contributed by atoms with E-state index in [1.807, 2.05) is 30.5 Å². The van der Waals surface area contributed by atoms with Crippen LogP contribution in [0.5, 0.6) is 0 Å². The van der Waals surface area contributed by atoms with Crippen LogP contribution < -0.4 is 4.87 Å². The van der Waals surface area contributed by atoms with Crippen molar-refractivity contribution in [1.29, 1.82) is 0 Å². The lowest BCUT2D eigenvalue weighted by Gasteiger charge is -2.26. The highest BCUT2D eigenvalue weighted by Crippen LogP contribution is 2.27. The van der Waals surface area contributed by atoms with Crippen LogP contribution in [0.25, 0.3) is 32.8 Å². The first-order valence-corrected chi connectivity index (χ1v) is 12.8. The molecule has 0 saturated carbocycles. The quantitative estimate of drug-likeness (QED) is 0.302. The van der Waals surface area contributed by atoms with E-state index in [0.29, 0.717) is 11.3 Å². The minimum atomic E-state index is -2.83. The Morgan fingerprint density at radius 2 is 1.61 bits per heavy atom. The smallest absolute Gasteiger partial charge is 0.314 e. The summed E-state index contributed by atoms with van der Waals surface area (Å²) in [7, 11) is 0. The number of halogens is 2. The van der Waals surface area contributed by atoms with Crippen LogP contribution in [0.4, 0.5) is 8.78 Å². The molecular weight excluding hydrogens is 514 g/mol. The first-order chi connectivity index (χ1) is 18.5. The van der Waals surface area contributed by atoms with Crippen molar-refractivity contribution in [1.82, 2.24) is 29.6 Å². The van der Waals surface area contributed by atoms with Gasteiger partial charge in [-0.1, -0.05) is 23.5 Å². The second-order valence-corrected chi connectivity index (χ2v) is 9.84. The van der Waals surface area contributed by atoms with Gasteiger partial charge in [0.1, 0.15) is 0 Å². The molecule has 5 aromatic rings. The number of benzene rings is 1. The highest BCUT2D eigenvalue weighted by atomic mass is 32.1. The fourth-order valence-corrected chi connectivity index (χ4v) is 5.25. The molecule has 12 heteroatoms. The molecule has 1 aliphatic heterocycles. The van der Waals surface area contributed by atoms with Crippen LogP contribution >= 0.6 is 11.3 Å². The Labute approximate surface area is 219 Å². The SMILES string of the molecule is O=c1sc2cc(-c3ccc(CN4CCOCC4)nc3)ccc2n1Cc1ccc(-c2nnc(C(F)F)o2)cn1. The molecule has 1 fully saturated rings. The number of thiazole rings is 1. The number of nitrogens with zero attached hydrogens (tertiary/aromatic N) is 6. The first kappa shape index (κ1) is 24.5. The summed E-state index contributed by atoms with van der Waals surface area (Å²) in [5.41, 5.74) is 4.85. The van der Waals surface area contributed by atoms with Gasteiger partial charge in [0.05, 0.1) is 46.9 Å². The molecule has 38 heavy (non-hydrogen) atoms. The summed E-state index contributed by atoms with van der Waals surface area (Å²) < 4.78 is 38.3. The van der Waals surface area contributed by atoms with E-state index in [1.54, 1.807) is 16.7 Å². The number of ether oxygens (including phenoxy) is 1. The van der Waals surface area contributed by atoms with E-state index in [0.717, 1.165) is 59.9 Å². The monoisotopic (exact) mass is 536 g/mol. The number of fused-ring (bicyclic) bond motifs is 1. The van der Waals surface area contributed by atoms with Gasteiger partial charge in [0, 0.05) is 37.6 Å². The van der Waals surface area contributed by atoms with Crippen LogP contribution in [0.1, 0.15) is 23.7 Å². The van der Waals surface area contributed by atoms with Gasteiger partial charge in [0.25, 0.3) is 5.89 Å². The number of morpholine rings is 1. The summed E-state index contributed by atoms with van der Waals surface area (Å²) in [6.07, 6.45) is 0.500. The molecule has 1 saturated heterocycles. The minimum absolute atomic E-state index is 0.0337. The van der Waals surface area contributed by atoms with E-state index >= 15 is 0 Å². The van der Waals surface area contributed by atoms with Gasteiger partial charge >= 0.3 is 11.3 Å². The molecule has 0 unspecified atom stereocenters. The van der Waals surface area contributed by atoms with Crippen molar-refractivity contribution < 1.29 is 17.9 Å². The van der Waals surface area contributed by atoms with E-state index < -0.39 is 12.3 Å². The van der Waals surface area contributed by atoms with Crippen LogP contribution in [0.15, 0.2) is 64.1 Å². The Hall–Kier alpha value is -3.87. The molecule has 0 atom stereocenters. The Morgan fingerprint density at radius 3 is 2.29 bits per heavy atom. The van der Waals surface area contributed by atoms with Gasteiger partial charge in [-0.2, -0.15) is 8.78 Å². The highest BCUT2D eigenvalue weighted by Gasteiger charge is 2.18. The zero-order valence-corrected chi connectivity index (χ0v) is 20.9. The van der Waals surface area contributed by atoms with E-state index in [4.69, 9.17) is 9.15 Å². The van der Waals surface area contributed by atoms with E-state index in [-0.39, 0.29) is 17.3 Å². The normalized spacial score (nSPS) is 14.5. The molecule has 0 radical (unpaired) electrons. The van der Waals surface area contributed by atoms with Gasteiger partial charge in [-0.05, 0) is 35.9 Å². The Bertz CT molecular complexity index is 1610. The molecule has 0 spiro atoms. The molecule has 4 aromatic heterocycles. The van der Waals surface area contributed by atoms with Crippen LogP contribution in [-0.4, -0.2) is 55.9 Å². The number of aromatic nitrogens is 5. The lowest BCUT2D eigenvalue weighted by Crippen LogP contribution is -2.35. The third-order valence-electron chi connectivity index (χ3n) is 6.33. The van der Waals surface area contributed by atoms with Gasteiger partial charge in [-0.3, -0.25) is 24.2 Å². The maximum Gasteiger partial charge on any atom is 0.314 e. The maximum absolute atomic E-state index is 12.8. The molecular formula is C26H22F2N6O3S. The highest BCUT2D eigenvalue weighted by molar-refractivity contribution is 7.16. The average Bonchev–Trinajstić information content (AvgIpc) is 3.55. The first-order valence-electron chi connectivity index (χ1n) is 12.0. The molecule has 1 aliphatic rings. The van der Waals surface area contributed by atoms with Gasteiger partial charge in [-0.15, -0.1) is 10.2 Å². The van der Waals surface area contributed by atoms with Gasteiger partial charge in [-0.25, -0.2) is 0 Å². The largest absolute Gasteiger partial charge is 0.415 e. The van der Waals surface area contributed by atoms with Crippen molar-refractivity contribution >= 4 is 21.6 Å². The summed E-state index contributed by atoms with van der Waals surface area (Å²) in [5, 5.41) is 6.96. The lowest BCUT2D eigenvalue weighted by molar-refractivity contribution is 0.0336. The molecule has 194 valence electrons.